The molecule has 1 fully saturated rings. The lowest BCUT2D eigenvalue weighted by Crippen LogP contribution is -2.30. The van der Waals surface area contributed by atoms with Gasteiger partial charge in [-0.05, 0) is 36.1 Å². The van der Waals surface area contributed by atoms with Crippen molar-refractivity contribution >= 4 is 39.2 Å². The zero-order valence-corrected chi connectivity index (χ0v) is 18.8. The molecule has 3 heterocycles. The third-order valence-electron chi connectivity index (χ3n) is 5.49. The number of H-pyrrole nitrogens is 1. The third-order valence-corrected chi connectivity index (χ3v) is 6.35. The van der Waals surface area contributed by atoms with Crippen LogP contribution in [-0.4, -0.2) is 52.1 Å². The van der Waals surface area contributed by atoms with Gasteiger partial charge in [0.05, 0.1) is 13.0 Å². The summed E-state index contributed by atoms with van der Waals surface area (Å²) < 4.78 is 5.32. The van der Waals surface area contributed by atoms with Crippen LogP contribution < -0.4 is 10.1 Å². The van der Waals surface area contributed by atoms with Gasteiger partial charge in [0.2, 0.25) is 16.9 Å². The van der Waals surface area contributed by atoms with Crippen molar-refractivity contribution in [2.24, 2.45) is 11.8 Å². The highest BCUT2D eigenvalue weighted by atomic mass is 32.1. The summed E-state index contributed by atoms with van der Waals surface area (Å²) in [4.78, 5) is 30.2. The quantitative estimate of drug-likeness (QED) is 0.559. The summed E-state index contributed by atoms with van der Waals surface area (Å²) in [5.41, 5.74) is 2.16. The molecule has 1 aliphatic rings. The Morgan fingerprint density at radius 2 is 2.23 bits per heavy atom. The molecular weight excluding hydrogens is 414 g/mol. The van der Waals surface area contributed by atoms with E-state index in [9.17, 15) is 9.59 Å². The number of fused-ring (bicyclic) bond motifs is 1. The SMILES string of the molecule is COc1ccc2[nH]cc(CCN3CC(C(=O)Nc4nnc(CC(C)C)s4)CC3=O)c2c1. The highest BCUT2D eigenvalue weighted by Gasteiger charge is 2.34. The molecule has 0 spiro atoms. The average Bonchev–Trinajstić information content (AvgIpc) is 3.44. The van der Waals surface area contributed by atoms with Crippen molar-refractivity contribution < 1.29 is 14.3 Å². The molecule has 2 aromatic heterocycles. The topological polar surface area (TPSA) is 100 Å². The summed E-state index contributed by atoms with van der Waals surface area (Å²) in [5.74, 6) is 0.759. The first kappa shape index (κ1) is 21.3. The maximum absolute atomic E-state index is 12.6. The molecule has 0 aliphatic carbocycles. The Balaban J connectivity index is 1.34. The molecule has 0 saturated carbocycles. The Bertz CT molecular complexity index is 1090. The summed E-state index contributed by atoms with van der Waals surface area (Å²) in [5, 5.41) is 13.5. The summed E-state index contributed by atoms with van der Waals surface area (Å²) in [6.45, 7) is 5.23. The number of benzene rings is 1. The van der Waals surface area contributed by atoms with Crippen LogP contribution in [-0.2, 0) is 22.4 Å². The maximum Gasteiger partial charge on any atom is 0.231 e. The highest BCUT2D eigenvalue weighted by molar-refractivity contribution is 7.15. The fourth-order valence-corrected chi connectivity index (χ4v) is 4.81. The number of rotatable bonds is 8. The predicted molar refractivity (Wildman–Crippen MR) is 120 cm³/mol. The molecule has 1 aliphatic heterocycles. The lowest BCUT2D eigenvalue weighted by atomic mass is 10.1. The fourth-order valence-electron chi connectivity index (χ4n) is 3.85. The van der Waals surface area contributed by atoms with Gasteiger partial charge in [0.25, 0.3) is 0 Å². The first-order valence-corrected chi connectivity index (χ1v) is 11.3. The van der Waals surface area contributed by atoms with E-state index >= 15 is 0 Å². The number of anilines is 1. The van der Waals surface area contributed by atoms with Gasteiger partial charge in [-0.2, -0.15) is 0 Å². The van der Waals surface area contributed by atoms with Crippen LogP contribution in [0.4, 0.5) is 5.13 Å². The molecule has 0 radical (unpaired) electrons. The predicted octanol–water partition coefficient (Wildman–Crippen LogP) is 3.26. The van der Waals surface area contributed by atoms with E-state index in [1.165, 1.54) is 11.3 Å². The number of ether oxygens (including phenoxy) is 1. The molecule has 3 aromatic rings. The smallest absolute Gasteiger partial charge is 0.231 e. The zero-order valence-electron chi connectivity index (χ0n) is 18.0. The van der Waals surface area contributed by atoms with Gasteiger partial charge in [-0.15, -0.1) is 10.2 Å². The van der Waals surface area contributed by atoms with Crippen LogP contribution in [0.2, 0.25) is 0 Å². The number of aromatic nitrogens is 3. The number of methoxy groups -OCH3 is 1. The second kappa shape index (κ2) is 9.05. The van der Waals surface area contributed by atoms with Crippen LogP contribution >= 0.6 is 11.3 Å². The molecule has 0 bridgehead atoms. The standard InChI is InChI=1S/C22H27N5O3S/c1-13(2)8-19-25-26-22(31-19)24-21(29)15-9-20(28)27(12-15)7-6-14-11-23-18-5-4-16(30-3)10-17(14)18/h4-5,10-11,13,15,23H,6-9,12H2,1-3H3,(H,24,26,29). The number of nitrogens with one attached hydrogen (secondary N) is 2. The van der Waals surface area contributed by atoms with Crippen LogP contribution in [0.1, 0.15) is 30.8 Å². The van der Waals surface area contributed by atoms with E-state index in [4.69, 9.17) is 4.74 Å². The largest absolute Gasteiger partial charge is 0.497 e. The molecule has 1 saturated heterocycles. The molecule has 164 valence electrons. The van der Waals surface area contributed by atoms with E-state index in [1.807, 2.05) is 24.4 Å². The van der Waals surface area contributed by atoms with Gasteiger partial charge in [-0.1, -0.05) is 25.2 Å². The minimum Gasteiger partial charge on any atom is -0.497 e. The monoisotopic (exact) mass is 441 g/mol. The molecule has 8 nitrogen and oxygen atoms in total. The molecule has 2 amide bonds. The average molecular weight is 442 g/mol. The second-order valence-electron chi connectivity index (χ2n) is 8.30. The maximum atomic E-state index is 12.6. The summed E-state index contributed by atoms with van der Waals surface area (Å²) in [7, 11) is 1.65. The number of aromatic amines is 1. The van der Waals surface area contributed by atoms with Crippen molar-refractivity contribution in [3.8, 4) is 5.75 Å². The Morgan fingerprint density at radius 1 is 1.39 bits per heavy atom. The highest BCUT2D eigenvalue weighted by Crippen LogP contribution is 2.26. The molecule has 1 atom stereocenters. The number of carbonyl (C=O) groups excluding carboxylic acids is 2. The minimum atomic E-state index is -0.368. The van der Waals surface area contributed by atoms with Crippen LogP contribution in [0.3, 0.4) is 0 Å². The number of hydrogen-bond donors (Lipinski definition) is 2. The molecule has 1 unspecified atom stereocenters. The Morgan fingerprint density at radius 3 is 3.00 bits per heavy atom. The van der Waals surface area contributed by atoms with E-state index in [0.29, 0.717) is 30.6 Å². The Labute approximate surface area is 185 Å². The molecule has 9 heteroatoms. The van der Waals surface area contributed by atoms with E-state index in [-0.39, 0.29) is 24.2 Å². The van der Waals surface area contributed by atoms with Crippen molar-refractivity contribution in [3.05, 3.63) is 35.0 Å². The van der Waals surface area contributed by atoms with Gasteiger partial charge >= 0.3 is 0 Å². The van der Waals surface area contributed by atoms with Crippen LogP contribution in [0, 0.1) is 11.8 Å². The summed E-state index contributed by atoms with van der Waals surface area (Å²) in [6.07, 6.45) is 3.75. The zero-order chi connectivity index (χ0) is 22.0. The molecule has 2 N–H and O–H groups in total. The van der Waals surface area contributed by atoms with E-state index in [1.54, 1.807) is 12.0 Å². The third kappa shape index (κ3) is 4.87. The lowest BCUT2D eigenvalue weighted by molar-refractivity contribution is -0.128. The van der Waals surface area contributed by atoms with E-state index in [0.717, 1.165) is 33.6 Å². The molecular formula is C22H27N5O3S. The Kier molecular flexibility index (Phi) is 6.22. The van der Waals surface area contributed by atoms with E-state index < -0.39 is 0 Å². The Hall–Kier alpha value is -2.94. The number of carbonyl (C=O) groups is 2. The van der Waals surface area contributed by atoms with Crippen LogP contribution in [0.15, 0.2) is 24.4 Å². The number of likely N-dealkylation sites (tertiary alicyclic amines) is 1. The number of amides is 2. The van der Waals surface area contributed by atoms with Crippen molar-refractivity contribution in [1.82, 2.24) is 20.1 Å². The van der Waals surface area contributed by atoms with Crippen molar-refractivity contribution in [3.63, 3.8) is 0 Å². The molecule has 1 aromatic carbocycles. The minimum absolute atomic E-state index is 0.00957. The fraction of sp³-hybridized carbons (Fsp3) is 0.455. The van der Waals surface area contributed by atoms with Gasteiger partial charge < -0.3 is 19.9 Å². The van der Waals surface area contributed by atoms with E-state index in [2.05, 4.69) is 34.3 Å². The van der Waals surface area contributed by atoms with Gasteiger partial charge in [-0.3, -0.25) is 9.59 Å². The van der Waals surface area contributed by atoms with Crippen LogP contribution in [0.5, 0.6) is 5.75 Å². The van der Waals surface area contributed by atoms with Gasteiger partial charge in [0.1, 0.15) is 10.8 Å². The summed E-state index contributed by atoms with van der Waals surface area (Å²) >= 11 is 1.40. The normalized spacial score (nSPS) is 16.5. The van der Waals surface area contributed by atoms with Crippen LogP contribution in [0.25, 0.3) is 10.9 Å². The van der Waals surface area contributed by atoms with Crippen molar-refractivity contribution in [2.45, 2.75) is 33.1 Å². The van der Waals surface area contributed by atoms with Gasteiger partial charge in [0, 0.05) is 43.0 Å². The van der Waals surface area contributed by atoms with Crippen molar-refractivity contribution in [2.75, 3.05) is 25.5 Å². The first-order chi connectivity index (χ1) is 14.9. The van der Waals surface area contributed by atoms with Gasteiger partial charge in [-0.25, -0.2) is 0 Å². The lowest BCUT2D eigenvalue weighted by Gasteiger charge is -2.16. The number of hydrogen-bond acceptors (Lipinski definition) is 6. The van der Waals surface area contributed by atoms with Crippen molar-refractivity contribution in [1.29, 1.82) is 0 Å². The molecule has 4 rings (SSSR count). The summed E-state index contributed by atoms with van der Waals surface area (Å²) in [6, 6.07) is 5.90. The molecule has 31 heavy (non-hydrogen) atoms. The van der Waals surface area contributed by atoms with Gasteiger partial charge in [0.15, 0.2) is 0 Å². The number of nitrogens with zero attached hydrogens (tertiary/aromatic N) is 3. The first-order valence-electron chi connectivity index (χ1n) is 10.5. The second-order valence-corrected chi connectivity index (χ2v) is 9.37.